The van der Waals surface area contributed by atoms with E-state index in [2.05, 4.69) is 6.92 Å². The molecule has 0 aliphatic heterocycles. The summed E-state index contributed by atoms with van der Waals surface area (Å²) in [5.74, 6) is 0.0475. The van der Waals surface area contributed by atoms with Crippen LogP contribution in [0.5, 0.6) is 5.75 Å². The molecule has 0 unspecified atom stereocenters. The first-order valence-corrected chi connectivity index (χ1v) is 8.15. The minimum atomic E-state index is -0.415. The number of halogens is 1. The second-order valence-corrected chi connectivity index (χ2v) is 6.37. The Hall–Kier alpha value is -1.52. The highest BCUT2D eigenvalue weighted by molar-refractivity contribution is 7.14. The maximum atomic E-state index is 12.1. The molecular weight excluding hydrogens is 306 g/mol. The lowest BCUT2D eigenvalue weighted by atomic mass is 10.2. The highest BCUT2D eigenvalue weighted by atomic mass is 35.5. The van der Waals surface area contributed by atoms with E-state index in [4.69, 9.17) is 22.1 Å². The summed E-state index contributed by atoms with van der Waals surface area (Å²) in [6.45, 7) is 2.16. The van der Waals surface area contributed by atoms with E-state index in [1.807, 2.05) is 6.07 Å². The predicted octanol–water partition coefficient (Wildman–Crippen LogP) is 4.94. The van der Waals surface area contributed by atoms with Gasteiger partial charge in [0.1, 0.15) is 10.6 Å². The van der Waals surface area contributed by atoms with Gasteiger partial charge in [0.15, 0.2) is 0 Å². The molecule has 0 spiro atoms. The van der Waals surface area contributed by atoms with Crippen LogP contribution in [0, 0.1) is 0 Å². The molecule has 1 aromatic heterocycles. The number of nitrogen functional groups attached to an aromatic ring is 1. The minimum absolute atomic E-state index is 0.415. The summed E-state index contributed by atoms with van der Waals surface area (Å²) in [5, 5.41) is 0.601. The van der Waals surface area contributed by atoms with Crippen LogP contribution in [-0.2, 0) is 6.42 Å². The molecule has 3 nitrogen and oxygen atoms in total. The predicted molar refractivity (Wildman–Crippen MR) is 88.4 cm³/mol. The van der Waals surface area contributed by atoms with Crippen molar-refractivity contribution < 1.29 is 9.53 Å². The minimum Gasteiger partial charge on any atom is -0.422 e. The van der Waals surface area contributed by atoms with Crippen LogP contribution < -0.4 is 10.5 Å². The normalized spacial score (nSPS) is 10.6. The Morgan fingerprint density at radius 2 is 2.00 bits per heavy atom. The number of anilines is 1. The lowest BCUT2D eigenvalue weighted by Crippen LogP contribution is -2.08. The SMILES string of the molecule is CCCCCc1cc(N)c(C(=O)Oc2ccc(Cl)cc2)s1. The molecule has 2 N–H and O–H groups in total. The van der Waals surface area contributed by atoms with Gasteiger partial charge in [-0.1, -0.05) is 31.4 Å². The average molecular weight is 324 g/mol. The second kappa shape index (κ2) is 7.48. The number of benzene rings is 1. The number of carbonyl (C=O) groups excluding carboxylic acids is 1. The molecule has 0 fully saturated rings. The third-order valence-corrected chi connectivity index (χ3v) is 4.49. The maximum absolute atomic E-state index is 12.1. The van der Waals surface area contributed by atoms with Crippen LogP contribution in [0.4, 0.5) is 5.69 Å². The first kappa shape index (κ1) is 15.9. The number of hydrogen-bond donors (Lipinski definition) is 1. The van der Waals surface area contributed by atoms with Crippen molar-refractivity contribution in [3.8, 4) is 5.75 Å². The molecule has 112 valence electrons. The standard InChI is InChI=1S/C16H18ClNO2S/c1-2-3-4-5-13-10-14(18)15(21-13)16(19)20-12-8-6-11(17)7-9-12/h6-10H,2-5,18H2,1H3. The zero-order valence-electron chi connectivity index (χ0n) is 11.9. The fourth-order valence-electron chi connectivity index (χ4n) is 1.95. The van der Waals surface area contributed by atoms with Gasteiger partial charge in [-0.05, 0) is 43.2 Å². The van der Waals surface area contributed by atoms with Crippen LogP contribution in [0.15, 0.2) is 30.3 Å². The number of carbonyl (C=O) groups is 1. The van der Waals surface area contributed by atoms with Gasteiger partial charge in [-0.15, -0.1) is 11.3 Å². The monoisotopic (exact) mass is 323 g/mol. The second-order valence-electron chi connectivity index (χ2n) is 4.80. The topological polar surface area (TPSA) is 52.3 Å². The van der Waals surface area contributed by atoms with E-state index < -0.39 is 5.97 Å². The zero-order chi connectivity index (χ0) is 15.2. The molecule has 21 heavy (non-hydrogen) atoms. The van der Waals surface area contributed by atoms with E-state index in [1.165, 1.54) is 24.2 Å². The summed E-state index contributed by atoms with van der Waals surface area (Å²) in [6, 6.07) is 8.55. The first-order chi connectivity index (χ1) is 10.1. The maximum Gasteiger partial charge on any atom is 0.355 e. The van der Waals surface area contributed by atoms with Gasteiger partial charge in [-0.3, -0.25) is 0 Å². The number of esters is 1. The summed E-state index contributed by atoms with van der Waals surface area (Å²) in [6.07, 6.45) is 4.42. The summed E-state index contributed by atoms with van der Waals surface area (Å²) in [5.41, 5.74) is 6.40. The van der Waals surface area contributed by atoms with Crippen LogP contribution in [-0.4, -0.2) is 5.97 Å². The Bertz CT molecular complexity index is 607. The number of nitrogens with two attached hydrogens (primary N) is 1. The van der Waals surface area contributed by atoms with Crippen LogP contribution in [0.3, 0.4) is 0 Å². The first-order valence-electron chi connectivity index (χ1n) is 6.96. The number of rotatable bonds is 6. The van der Waals surface area contributed by atoms with Crippen LogP contribution in [0.2, 0.25) is 5.02 Å². The molecule has 0 amide bonds. The lowest BCUT2D eigenvalue weighted by Gasteiger charge is -2.03. The molecule has 0 atom stereocenters. The summed E-state index contributed by atoms with van der Waals surface area (Å²) in [7, 11) is 0. The van der Waals surface area contributed by atoms with E-state index in [1.54, 1.807) is 24.3 Å². The van der Waals surface area contributed by atoms with E-state index in [-0.39, 0.29) is 0 Å². The van der Waals surface area contributed by atoms with Crippen molar-refractivity contribution in [1.82, 2.24) is 0 Å². The summed E-state index contributed by atoms with van der Waals surface area (Å²) < 4.78 is 5.31. The van der Waals surface area contributed by atoms with Crippen molar-refractivity contribution in [1.29, 1.82) is 0 Å². The van der Waals surface area contributed by atoms with Crippen LogP contribution in [0.25, 0.3) is 0 Å². The zero-order valence-corrected chi connectivity index (χ0v) is 13.5. The van der Waals surface area contributed by atoms with Gasteiger partial charge in [0.25, 0.3) is 0 Å². The highest BCUT2D eigenvalue weighted by Crippen LogP contribution is 2.28. The van der Waals surface area contributed by atoms with E-state index >= 15 is 0 Å². The number of thiophene rings is 1. The highest BCUT2D eigenvalue weighted by Gasteiger charge is 2.16. The third kappa shape index (κ3) is 4.48. The number of aryl methyl sites for hydroxylation is 1. The van der Waals surface area contributed by atoms with Gasteiger partial charge in [0.2, 0.25) is 0 Å². The van der Waals surface area contributed by atoms with Gasteiger partial charge >= 0.3 is 5.97 Å². The van der Waals surface area contributed by atoms with Gasteiger partial charge in [0.05, 0.1) is 5.69 Å². The van der Waals surface area contributed by atoms with Crippen molar-refractivity contribution >= 4 is 34.6 Å². The number of hydrogen-bond acceptors (Lipinski definition) is 4. The van der Waals surface area contributed by atoms with Gasteiger partial charge < -0.3 is 10.5 Å². The van der Waals surface area contributed by atoms with Crippen molar-refractivity contribution in [2.45, 2.75) is 32.6 Å². The van der Waals surface area contributed by atoms with E-state index in [0.717, 1.165) is 17.7 Å². The smallest absolute Gasteiger partial charge is 0.355 e. The molecule has 1 heterocycles. The molecule has 2 aromatic rings. The molecule has 0 aliphatic carbocycles. The fourth-order valence-corrected chi connectivity index (χ4v) is 3.07. The Labute approximate surface area is 133 Å². The fraction of sp³-hybridized carbons (Fsp3) is 0.312. The molecule has 1 aromatic carbocycles. The summed E-state index contributed by atoms with van der Waals surface area (Å²) in [4.78, 5) is 13.7. The van der Waals surface area contributed by atoms with E-state index in [0.29, 0.717) is 21.3 Å². The summed E-state index contributed by atoms with van der Waals surface area (Å²) >= 11 is 7.21. The molecule has 0 saturated heterocycles. The Morgan fingerprint density at radius 3 is 2.67 bits per heavy atom. The Balaban J connectivity index is 2.03. The van der Waals surface area contributed by atoms with Gasteiger partial charge in [0, 0.05) is 9.90 Å². The molecule has 0 saturated carbocycles. The molecule has 0 radical (unpaired) electrons. The molecule has 2 rings (SSSR count). The van der Waals surface area contributed by atoms with Gasteiger partial charge in [-0.2, -0.15) is 0 Å². The largest absolute Gasteiger partial charge is 0.422 e. The number of ether oxygens (including phenoxy) is 1. The quantitative estimate of drug-likeness (QED) is 0.465. The molecular formula is C16H18ClNO2S. The van der Waals surface area contributed by atoms with Crippen molar-refractivity contribution in [3.05, 3.63) is 45.1 Å². The van der Waals surface area contributed by atoms with Crippen molar-refractivity contribution in [3.63, 3.8) is 0 Å². The molecule has 0 aliphatic rings. The molecule has 0 bridgehead atoms. The third-order valence-electron chi connectivity index (χ3n) is 3.05. The van der Waals surface area contributed by atoms with Gasteiger partial charge in [-0.25, -0.2) is 4.79 Å². The number of unbranched alkanes of at least 4 members (excludes halogenated alkanes) is 2. The van der Waals surface area contributed by atoms with Crippen molar-refractivity contribution in [2.24, 2.45) is 0 Å². The average Bonchev–Trinajstić information content (AvgIpc) is 2.83. The van der Waals surface area contributed by atoms with Crippen molar-refractivity contribution in [2.75, 3.05) is 5.73 Å². The van der Waals surface area contributed by atoms with Crippen LogP contribution in [0.1, 0.15) is 40.7 Å². The lowest BCUT2D eigenvalue weighted by molar-refractivity contribution is 0.0741. The van der Waals surface area contributed by atoms with E-state index in [9.17, 15) is 4.79 Å². The van der Waals surface area contributed by atoms with Crippen LogP contribution >= 0.6 is 22.9 Å². The Kier molecular flexibility index (Phi) is 5.65. The molecule has 5 heteroatoms. The Morgan fingerprint density at radius 1 is 1.29 bits per heavy atom.